The Morgan fingerprint density at radius 3 is 2.27 bits per heavy atom. The normalized spacial score (nSPS) is 11.9. The van der Waals surface area contributed by atoms with E-state index in [1.54, 1.807) is 55.5 Å². The van der Waals surface area contributed by atoms with E-state index in [1.807, 2.05) is 6.92 Å². The Labute approximate surface area is 245 Å². The van der Waals surface area contributed by atoms with Crippen molar-refractivity contribution >= 4 is 50.7 Å². The molecule has 0 fully saturated rings. The first-order chi connectivity index (χ1) is 19.1. The van der Waals surface area contributed by atoms with Gasteiger partial charge in [0.15, 0.2) is 0 Å². The third kappa shape index (κ3) is 7.47. The molecule has 11 heteroatoms. The van der Waals surface area contributed by atoms with Gasteiger partial charge in [0.25, 0.3) is 10.0 Å². The van der Waals surface area contributed by atoms with Crippen molar-refractivity contribution < 1.29 is 22.7 Å². The maximum Gasteiger partial charge on any atom is 0.264 e. The van der Waals surface area contributed by atoms with Gasteiger partial charge in [0.05, 0.1) is 17.7 Å². The number of anilines is 1. The molecule has 1 N–H and O–H groups in total. The number of sulfonamides is 1. The average Bonchev–Trinajstić information content (AvgIpc) is 2.95. The molecule has 0 aliphatic carbocycles. The van der Waals surface area contributed by atoms with E-state index < -0.39 is 28.5 Å². The first-order valence-corrected chi connectivity index (χ1v) is 15.1. The van der Waals surface area contributed by atoms with Gasteiger partial charge in [-0.25, -0.2) is 8.42 Å². The summed E-state index contributed by atoms with van der Waals surface area (Å²) in [6.45, 7) is 3.55. The van der Waals surface area contributed by atoms with Crippen LogP contribution < -0.4 is 14.4 Å². The molecule has 0 aliphatic heterocycles. The molecule has 0 aromatic heterocycles. The lowest BCUT2D eigenvalue weighted by atomic mass is 10.1. The van der Waals surface area contributed by atoms with Crippen molar-refractivity contribution in [2.24, 2.45) is 0 Å². The minimum Gasteiger partial charge on any atom is -0.495 e. The summed E-state index contributed by atoms with van der Waals surface area (Å²) < 4.78 is 34.3. The number of hydrogen-bond donors (Lipinski definition) is 1. The van der Waals surface area contributed by atoms with Gasteiger partial charge in [-0.2, -0.15) is 0 Å². The Morgan fingerprint density at radius 2 is 1.65 bits per heavy atom. The molecule has 0 radical (unpaired) electrons. The summed E-state index contributed by atoms with van der Waals surface area (Å²) in [7, 11) is -2.86. The minimum absolute atomic E-state index is 0.00244. The molecule has 0 saturated heterocycles. The highest BCUT2D eigenvalue weighted by Gasteiger charge is 2.35. The van der Waals surface area contributed by atoms with Crippen LogP contribution in [0, 0.1) is 0 Å². The fourth-order valence-corrected chi connectivity index (χ4v) is 5.99. The zero-order valence-corrected chi connectivity index (χ0v) is 25.0. The fourth-order valence-electron chi connectivity index (χ4n) is 4.19. The molecular weight excluding hydrogens is 573 g/mol. The molecule has 1 atom stereocenters. The van der Waals surface area contributed by atoms with Crippen LogP contribution in [0.3, 0.4) is 0 Å². The number of halogens is 2. The quantitative estimate of drug-likeness (QED) is 0.276. The monoisotopic (exact) mass is 605 g/mol. The highest BCUT2D eigenvalue weighted by Crippen LogP contribution is 2.35. The molecule has 3 aromatic carbocycles. The molecule has 0 unspecified atom stereocenters. The van der Waals surface area contributed by atoms with Crippen LogP contribution in [0.25, 0.3) is 0 Å². The summed E-state index contributed by atoms with van der Waals surface area (Å²) >= 11 is 12.7. The molecule has 0 saturated carbocycles. The third-order valence-corrected chi connectivity index (χ3v) is 8.63. The Balaban J connectivity index is 2.12. The van der Waals surface area contributed by atoms with Gasteiger partial charge < -0.3 is 15.0 Å². The number of nitrogens with one attached hydrogen (secondary N) is 1. The SMILES string of the molecule is CCCNC(=O)[C@H](CC)N(Cc1ccccc1Cl)C(=O)CN(c1cc(Cl)ccc1OC)S(=O)(=O)c1ccccc1. The molecular formula is C29H33Cl2N3O5S. The summed E-state index contributed by atoms with van der Waals surface area (Å²) in [5.41, 5.74) is 0.713. The first-order valence-electron chi connectivity index (χ1n) is 12.9. The van der Waals surface area contributed by atoms with Crippen molar-refractivity contribution in [3.8, 4) is 5.75 Å². The second-order valence-corrected chi connectivity index (χ2v) is 11.7. The molecule has 3 rings (SSSR count). The molecule has 0 bridgehead atoms. The number of carbonyl (C=O) groups excluding carboxylic acids is 2. The van der Waals surface area contributed by atoms with Crippen LogP contribution in [-0.4, -0.2) is 51.4 Å². The molecule has 3 aromatic rings. The number of methoxy groups -OCH3 is 1. The summed E-state index contributed by atoms with van der Waals surface area (Å²) in [6, 6.07) is 18.4. The number of nitrogens with zero attached hydrogens (tertiary/aromatic N) is 2. The van der Waals surface area contributed by atoms with E-state index >= 15 is 0 Å². The lowest BCUT2D eigenvalue weighted by molar-refractivity contribution is -0.140. The van der Waals surface area contributed by atoms with Crippen molar-refractivity contribution in [3.63, 3.8) is 0 Å². The number of ether oxygens (including phenoxy) is 1. The van der Waals surface area contributed by atoms with Crippen LogP contribution in [0.5, 0.6) is 5.75 Å². The summed E-state index contributed by atoms with van der Waals surface area (Å²) in [5.74, 6) is -0.718. The smallest absolute Gasteiger partial charge is 0.264 e. The van der Waals surface area contributed by atoms with E-state index in [0.29, 0.717) is 23.6 Å². The summed E-state index contributed by atoms with van der Waals surface area (Å²) in [6.07, 6.45) is 1.02. The van der Waals surface area contributed by atoms with Crippen molar-refractivity contribution in [2.45, 2.75) is 44.2 Å². The van der Waals surface area contributed by atoms with Crippen LogP contribution in [0.1, 0.15) is 32.3 Å². The minimum atomic E-state index is -4.26. The summed E-state index contributed by atoms with van der Waals surface area (Å²) in [4.78, 5) is 28.6. The van der Waals surface area contributed by atoms with Crippen LogP contribution in [-0.2, 0) is 26.2 Å². The number of amides is 2. The molecule has 0 spiro atoms. The zero-order chi connectivity index (χ0) is 29.3. The van der Waals surface area contributed by atoms with E-state index in [4.69, 9.17) is 27.9 Å². The number of carbonyl (C=O) groups is 2. The fraction of sp³-hybridized carbons (Fsp3) is 0.310. The Bertz CT molecular complexity index is 1420. The van der Waals surface area contributed by atoms with Crippen LogP contribution in [0.2, 0.25) is 10.0 Å². The molecule has 40 heavy (non-hydrogen) atoms. The van der Waals surface area contributed by atoms with Crippen LogP contribution >= 0.6 is 23.2 Å². The van der Waals surface area contributed by atoms with E-state index in [-0.39, 0.29) is 33.8 Å². The molecule has 0 aliphatic rings. The Morgan fingerprint density at radius 1 is 0.975 bits per heavy atom. The standard InChI is InChI=1S/C29H33Cl2N3O5S/c1-4-17-32-29(36)25(5-2)33(19-21-11-9-10-14-24(21)31)28(35)20-34(26-18-22(30)15-16-27(26)39-3)40(37,38)23-12-7-6-8-13-23/h6-16,18,25H,4-5,17,19-20H2,1-3H3,(H,32,36)/t25-/m0/s1. The van der Waals surface area contributed by atoms with Crippen molar-refractivity contribution in [1.82, 2.24) is 10.2 Å². The molecule has 214 valence electrons. The van der Waals surface area contributed by atoms with Crippen LogP contribution in [0.4, 0.5) is 5.69 Å². The van der Waals surface area contributed by atoms with E-state index in [1.165, 1.54) is 36.3 Å². The molecule has 0 heterocycles. The van der Waals surface area contributed by atoms with Gasteiger partial charge in [0.1, 0.15) is 18.3 Å². The first kappa shape index (κ1) is 31.3. The second kappa shape index (κ2) is 14.4. The predicted octanol–water partition coefficient (Wildman–Crippen LogP) is 5.53. The van der Waals surface area contributed by atoms with Gasteiger partial charge in [-0.05, 0) is 54.8 Å². The zero-order valence-electron chi connectivity index (χ0n) is 22.6. The largest absolute Gasteiger partial charge is 0.495 e. The van der Waals surface area contributed by atoms with E-state index in [9.17, 15) is 18.0 Å². The van der Waals surface area contributed by atoms with Gasteiger partial charge >= 0.3 is 0 Å². The van der Waals surface area contributed by atoms with Gasteiger partial charge in [-0.1, -0.05) is 73.4 Å². The Kier molecular flexibility index (Phi) is 11.2. The van der Waals surface area contributed by atoms with Crippen molar-refractivity contribution in [1.29, 1.82) is 0 Å². The average molecular weight is 607 g/mol. The molecule has 2 amide bonds. The summed E-state index contributed by atoms with van der Waals surface area (Å²) in [5, 5.41) is 3.54. The number of benzene rings is 3. The number of hydrogen-bond acceptors (Lipinski definition) is 5. The lowest BCUT2D eigenvalue weighted by Gasteiger charge is -2.33. The second-order valence-electron chi connectivity index (χ2n) is 8.97. The van der Waals surface area contributed by atoms with Gasteiger partial charge in [0.2, 0.25) is 11.8 Å². The van der Waals surface area contributed by atoms with E-state index in [2.05, 4.69) is 5.32 Å². The number of rotatable bonds is 13. The topological polar surface area (TPSA) is 96.0 Å². The maximum atomic E-state index is 14.1. The van der Waals surface area contributed by atoms with Gasteiger partial charge in [-0.15, -0.1) is 0 Å². The highest BCUT2D eigenvalue weighted by atomic mass is 35.5. The van der Waals surface area contributed by atoms with Crippen molar-refractivity contribution in [3.05, 3.63) is 88.4 Å². The lowest BCUT2D eigenvalue weighted by Crippen LogP contribution is -2.52. The predicted molar refractivity (Wildman–Crippen MR) is 158 cm³/mol. The third-order valence-electron chi connectivity index (χ3n) is 6.25. The maximum absolute atomic E-state index is 14.1. The van der Waals surface area contributed by atoms with E-state index in [0.717, 1.165) is 10.7 Å². The van der Waals surface area contributed by atoms with Crippen LogP contribution in [0.15, 0.2) is 77.7 Å². The highest BCUT2D eigenvalue weighted by molar-refractivity contribution is 7.92. The van der Waals surface area contributed by atoms with Gasteiger partial charge in [-0.3, -0.25) is 13.9 Å². The van der Waals surface area contributed by atoms with Crippen molar-refractivity contribution in [2.75, 3.05) is 24.5 Å². The Hall–Kier alpha value is -3.27. The molecule has 8 nitrogen and oxygen atoms in total. The van der Waals surface area contributed by atoms with Gasteiger partial charge in [0, 0.05) is 23.1 Å².